The predicted molar refractivity (Wildman–Crippen MR) is 98.9 cm³/mol. The number of carbonyl (C=O) groups is 2. The number of hydrogen-bond donors (Lipinski definition) is 0. The highest BCUT2D eigenvalue weighted by Gasteiger charge is 2.38. The predicted octanol–water partition coefficient (Wildman–Crippen LogP) is 3.13. The van der Waals surface area contributed by atoms with E-state index in [1.54, 1.807) is 12.1 Å². The molecule has 0 unspecified atom stereocenters. The van der Waals surface area contributed by atoms with Gasteiger partial charge < -0.3 is 4.12 Å². The van der Waals surface area contributed by atoms with Gasteiger partial charge in [-0.25, -0.2) is 8.78 Å². The van der Waals surface area contributed by atoms with Crippen LogP contribution in [0.15, 0.2) is 36.4 Å². The molecule has 2 aromatic carbocycles. The van der Waals surface area contributed by atoms with Gasteiger partial charge in [0.15, 0.2) is 0 Å². The largest absolute Gasteiger partial charge is 0.449 e. The summed E-state index contributed by atoms with van der Waals surface area (Å²) < 4.78 is 33.3. The highest BCUT2D eigenvalue weighted by atomic mass is 28.4. The summed E-state index contributed by atoms with van der Waals surface area (Å²) in [5, 5.41) is 1.39. The van der Waals surface area contributed by atoms with E-state index in [9.17, 15) is 18.4 Å². The molecule has 0 N–H and O–H groups in total. The highest BCUT2D eigenvalue weighted by Crippen LogP contribution is 2.18. The summed E-state index contributed by atoms with van der Waals surface area (Å²) in [7, 11) is -5.16. The molecule has 0 fully saturated rings. The van der Waals surface area contributed by atoms with E-state index in [1.165, 1.54) is 24.3 Å². The van der Waals surface area contributed by atoms with Crippen molar-refractivity contribution < 1.29 is 22.5 Å². The van der Waals surface area contributed by atoms with Gasteiger partial charge in [0.1, 0.15) is 24.2 Å². The number of rotatable bonds is 6. The molecule has 3 nitrogen and oxygen atoms in total. The lowest BCUT2D eigenvalue weighted by molar-refractivity contribution is 0.111. The SMILES string of the molecule is C[Si](C)(O[Si](C)(C)c1ccc(F)cc1C=O)c1ccc(F)cc1C=O. The van der Waals surface area contributed by atoms with E-state index in [1.807, 2.05) is 26.2 Å². The minimum atomic E-state index is -2.58. The number of hydrogen-bond acceptors (Lipinski definition) is 3. The average Bonchev–Trinajstić information content (AvgIpc) is 2.52. The van der Waals surface area contributed by atoms with Crippen LogP contribution in [0.25, 0.3) is 0 Å². The second-order valence-electron chi connectivity index (χ2n) is 6.82. The number of halogens is 2. The third kappa shape index (κ3) is 4.17. The van der Waals surface area contributed by atoms with Gasteiger partial charge in [-0.1, -0.05) is 12.1 Å². The van der Waals surface area contributed by atoms with Crippen molar-refractivity contribution in [1.29, 1.82) is 0 Å². The van der Waals surface area contributed by atoms with E-state index in [0.29, 0.717) is 22.9 Å². The lowest BCUT2D eigenvalue weighted by Gasteiger charge is -2.35. The fourth-order valence-corrected chi connectivity index (χ4v) is 11.7. The molecule has 0 aliphatic rings. The molecule has 0 amide bonds. The van der Waals surface area contributed by atoms with Gasteiger partial charge in [-0.2, -0.15) is 0 Å². The summed E-state index contributed by atoms with van der Waals surface area (Å²) in [5.74, 6) is -0.956. The summed E-state index contributed by atoms with van der Waals surface area (Å²) >= 11 is 0. The lowest BCUT2D eigenvalue weighted by atomic mass is 10.2. The van der Waals surface area contributed by atoms with Crippen LogP contribution in [0.4, 0.5) is 8.78 Å². The van der Waals surface area contributed by atoms with Crippen LogP contribution < -0.4 is 10.4 Å². The maximum atomic E-state index is 13.4. The zero-order chi connectivity index (χ0) is 18.8. The highest BCUT2D eigenvalue weighted by molar-refractivity contribution is 6.97. The lowest BCUT2D eigenvalue weighted by Crippen LogP contribution is -2.59. The smallest absolute Gasteiger partial charge is 0.206 e. The third-order valence-corrected chi connectivity index (χ3v) is 11.7. The molecule has 0 heterocycles. The fourth-order valence-electron chi connectivity index (χ4n) is 3.11. The van der Waals surface area contributed by atoms with Gasteiger partial charge in [-0.15, -0.1) is 0 Å². The van der Waals surface area contributed by atoms with Crippen molar-refractivity contribution in [2.75, 3.05) is 0 Å². The topological polar surface area (TPSA) is 43.4 Å². The molecule has 0 radical (unpaired) electrons. The Labute approximate surface area is 147 Å². The first kappa shape index (κ1) is 19.4. The van der Waals surface area contributed by atoms with E-state index in [-0.39, 0.29) is 11.1 Å². The Balaban J connectivity index is 2.46. The van der Waals surface area contributed by atoms with Gasteiger partial charge in [0.2, 0.25) is 16.6 Å². The van der Waals surface area contributed by atoms with E-state index < -0.39 is 28.3 Å². The summed E-state index contributed by atoms with van der Waals surface area (Å²) in [6.45, 7) is 7.69. The molecule has 2 aromatic rings. The molecular weight excluding hydrogens is 358 g/mol. The van der Waals surface area contributed by atoms with E-state index in [0.717, 1.165) is 0 Å². The van der Waals surface area contributed by atoms with E-state index >= 15 is 0 Å². The van der Waals surface area contributed by atoms with Crippen molar-refractivity contribution in [2.45, 2.75) is 26.2 Å². The number of carbonyl (C=O) groups excluding carboxylic acids is 2. The van der Waals surface area contributed by atoms with Gasteiger partial charge in [0.05, 0.1) is 0 Å². The van der Waals surface area contributed by atoms with Gasteiger partial charge >= 0.3 is 0 Å². The normalized spacial score (nSPS) is 12.1. The van der Waals surface area contributed by atoms with Crippen LogP contribution >= 0.6 is 0 Å². The maximum Gasteiger partial charge on any atom is 0.206 e. The first-order valence-corrected chi connectivity index (χ1v) is 13.6. The Morgan fingerprint density at radius 3 is 1.44 bits per heavy atom. The van der Waals surface area contributed by atoms with Crippen LogP contribution in [-0.2, 0) is 4.12 Å². The van der Waals surface area contributed by atoms with Crippen LogP contribution in [0, 0.1) is 11.6 Å². The van der Waals surface area contributed by atoms with Gasteiger partial charge in [-0.3, -0.25) is 9.59 Å². The van der Waals surface area contributed by atoms with Crippen LogP contribution in [0.3, 0.4) is 0 Å². The van der Waals surface area contributed by atoms with Crippen molar-refractivity contribution in [2.24, 2.45) is 0 Å². The molecule has 7 heteroatoms. The van der Waals surface area contributed by atoms with Crippen molar-refractivity contribution in [3.8, 4) is 0 Å². The molecule has 0 saturated heterocycles. The van der Waals surface area contributed by atoms with Crippen LogP contribution in [0.1, 0.15) is 20.7 Å². The Kier molecular flexibility index (Phi) is 5.50. The Hall–Kier alpha value is -1.97. The fraction of sp³-hybridized carbons (Fsp3) is 0.222. The summed E-state index contributed by atoms with van der Waals surface area (Å²) in [5.41, 5.74) is 0.548. The third-order valence-electron chi connectivity index (χ3n) is 4.09. The Morgan fingerprint density at radius 1 is 0.760 bits per heavy atom. The zero-order valence-corrected chi connectivity index (χ0v) is 16.6. The maximum absolute atomic E-state index is 13.4. The standard InChI is InChI=1S/C18H20F2O3Si2/c1-24(2,17-7-5-15(19)9-13(17)11-21)23-25(3,4)18-8-6-16(20)10-14(18)12-22/h5-12H,1-4H3. The minimum Gasteiger partial charge on any atom is -0.449 e. The summed E-state index contributed by atoms with van der Waals surface area (Å²) in [4.78, 5) is 22.6. The first-order chi connectivity index (χ1) is 11.6. The molecule has 0 spiro atoms. The van der Waals surface area contributed by atoms with Crippen LogP contribution in [-0.4, -0.2) is 29.2 Å². The molecule has 0 aromatic heterocycles. The molecule has 0 aliphatic heterocycles. The van der Waals surface area contributed by atoms with Crippen molar-refractivity contribution in [1.82, 2.24) is 0 Å². The Bertz CT molecular complexity index is 752. The quantitative estimate of drug-likeness (QED) is 0.573. The van der Waals surface area contributed by atoms with E-state index in [4.69, 9.17) is 4.12 Å². The summed E-state index contributed by atoms with van der Waals surface area (Å²) in [6.07, 6.45) is 1.25. The molecule has 0 atom stereocenters. The first-order valence-electron chi connectivity index (χ1n) is 7.81. The second kappa shape index (κ2) is 7.11. The molecule has 0 bridgehead atoms. The van der Waals surface area contributed by atoms with Crippen molar-refractivity contribution >= 4 is 39.6 Å². The molecular formula is C18H20F2O3Si2. The second-order valence-corrected chi connectivity index (χ2v) is 14.8. The number of aldehydes is 2. The average molecular weight is 379 g/mol. The molecule has 0 saturated carbocycles. The van der Waals surface area contributed by atoms with E-state index in [2.05, 4.69) is 0 Å². The summed E-state index contributed by atoms with van der Waals surface area (Å²) in [6, 6.07) is 8.18. The monoisotopic (exact) mass is 378 g/mol. The molecule has 0 aliphatic carbocycles. The zero-order valence-electron chi connectivity index (χ0n) is 14.6. The van der Waals surface area contributed by atoms with Crippen molar-refractivity contribution in [3.05, 3.63) is 59.2 Å². The Morgan fingerprint density at radius 2 is 1.12 bits per heavy atom. The number of benzene rings is 2. The molecule has 25 heavy (non-hydrogen) atoms. The minimum absolute atomic E-state index is 0.274. The van der Waals surface area contributed by atoms with Gasteiger partial charge in [0, 0.05) is 11.1 Å². The van der Waals surface area contributed by atoms with Gasteiger partial charge in [0.25, 0.3) is 0 Å². The van der Waals surface area contributed by atoms with Gasteiger partial charge in [-0.05, 0) is 60.8 Å². The van der Waals surface area contributed by atoms with Crippen molar-refractivity contribution in [3.63, 3.8) is 0 Å². The van der Waals surface area contributed by atoms with Crippen LogP contribution in [0.5, 0.6) is 0 Å². The van der Waals surface area contributed by atoms with Crippen LogP contribution in [0.2, 0.25) is 26.2 Å². The molecule has 2 rings (SSSR count). The molecule has 132 valence electrons.